The molecule has 0 bridgehead atoms. The second-order valence-corrected chi connectivity index (χ2v) is 6.45. The first-order valence-corrected chi connectivity index (χ1v) is 8.31. The summed E-state index contributed by atoms with van der Waals surface area (Å²) in [5.74, 6) is 0.593. The molecule has 4 heterocycles. The van der Waals surface area contributed by atoms with Crippen molar-refractivity contribution in [1.82, 2.24) is 20.2 Å². The Bertz CT molecular complexity index is 815. The van der Waals surface area contributed by atoms with Crippen LogP contribution < -0.4 is 10.2 Å². The highest BCUT2D eigenvalue weighted by molar-refractivity contribution is 6.01. The molecule has 0 radical (unpaired) electrons. The second kappa shape index (κ2) is 5.84. The average Bonchev–Trinajstić information content (AvgIpc) is 2.67. The molecular weight excluding hydrogens is 318 g/mol. The first kappa shape index (κ1) is 15.6. The molecule has 2 aliphatic rings. The van der Waals surface area contributed by atoms with Gasteiger partial charge in [0.25, 0.3) is 11.8 Å². The molecule has 2 aliphatic heterocycles. The van der Waals surface area contributed by atoms with Crippen LogP contribution in [0.25, 0.3) is 0 Å². The van der Waals surface area contributed by atoms with E-state index in [1.807, 2.05) is 16.8 Å². The maximum Gasteiger partial charge on any atom is 0.256 e. The fourth-order valence-corrected chi connectivity index (χ4v) is 3.62. The summed E-state index contributed by atoms with van der Waals surface area (Å²) < 4.78 is 0. The largest absolute Gasteiger partial charge is 0.338 e. The number of carbonyl (C=O) groups excluding carboxylic acids is 2. The van der Waals surface area contributed by atoms with E-state index < -0.39 is 5.66 Å². The molecule has 7 heteroatoms. The van der Waals surface area contributed by atoms with Crippen LogP contribution in [0.15, 0.2) is 42.9 Å². The molecule has 2 aromatic rings. The van der Waals surface area contributed by atoms with Crippen molar-refractivity contribution < 1.29 is 9.59 Å². The highest BCUT2D eigenvalue weighted by Crippen LogP contribution is 2.34. The van der Waals surface area contributed by atoms with E-state index in [1.54, 1.807) is 42.9 Å². The van der Waals surface area contributed by atoms with Crippen molar-refractivity contribution in [2.75, 3.05) is 25.0 Å². The third-order valence-corrected chi connectivity index (χ3v) is 5.14. The molecule has 2 amide bonds. The number of hydrogen-bond donors (Lipinski definition) is 1. The van der Waals surface area contributed by atoms with Crippen molar-refractivity contribution in [2.45, 2.75) is 18.5 Å². The zero-order chi connectivity index (χ0) is 17.4. The van der Waals surface area contributed by atoms with Gasteiger partial charge in [-0.05, 0) is 24.3 Å². The van der Waals surface area contributed by atoms with Crippen LogP contribution in [0.2, 0.25) is 0 Å². The summed E-state index contributed by atoms with van der Waals surface area (Å²) in [7, 11) is 1.95. The smallest absolute Gasteiger partial charge is 0.256 e. The molecule has 1 fully saturated rings. The standard InChI is InChI=1S/C18H19N5O2/c1-22-15-14(3-2-8-20-15)16(24)21-18(22)6-11-23(12-7-18)17(25)13-4-9-19-10-5-13/h2-5,8-10H,6-7,11-12H2,1H3,(H,21,24). The third-order valence-electron chi connectivity index (χ3n) is 5.14. The summed E-state index contributed by atoms with van der Waals surface area (Å²) in [6.07, 6.45) is 6.25. The van der Waals surface area contributed by atoms with Crippen LogP contribution in [-0.2, 0) is 0 Å². The van der Waals surface area contributed by atoms with E-state index in [4.69, 9.17) is 0 Å². The van der Waals surface area contributed by atoms with Gasteiger partial charge >= 0.3 is 0 Å². The lowest BCUT2D eigenvalue weighted by Gasteiger charge is -2.50. The van der Waals surface area contributed by atoms with Crippen LogP contribution >= 0.6 is 0 Å². The second-order valence-electron chi connectivity index (χ2n) is 6.45. The summed E-state index contributed by atoms with van der Waals surface area (Å²) in [4.78, 5) is 37.3. The Kier molecular flexibility index (Phi) is 3.63. The Morgan fingerprint density at radius 1 is 1.16 bits per heavy atom. The normalized spacial score (nSPS) is 18.7. The fourth-order valence-electron chi connectivity index (χ4n) is 3.62. The molecule has 128 valence electrons. The number of nitrogens with zero attached hydrogens (tertiary/aromatic N) is 4. The van der Waals surface area contributed by atoms with Gasteiger partial charge in [0.15, 0.2) is 0 Å². The van der Waals surface area contributed by atoms with Crippen molar-refractivity contribution >= 4 is 17.6 Å². The molecule has 1 N–H and O–H groups in total. The third kappa shape index (κ3) is 2.52. The lowest BCUT2D eigenvalue weighted by molar-refractivity contribution is 0.0607. The fraction of sp³-hybridized carbons (Fsp3) is 0.333. The molecule has 0 saturated carbocycles. The molecule has 0 aliphatic carbocycles. The van der Waals surface area contributed by atoms with Crippen LogP contribution in [-0.4, -0.2) is 52.5 Å². The quantitative estimate of drug-likeness (QED) is 0.848. The topological polar surface area (TPSA) is 78.4 Å². The summed E-state index contributed by atoms with van der Waals surface area (Å²) >= 11 is 0. The number of pyridine rings is 2. The van der Waals surface area contributed by atoms with E-state index in [9.17, 15) is 9.59 Å². The number of amides is 2. The SMILES string of the molecule is CN1c2ncccc2C(=O)NC12CCN(C(=O)c1ccncc1)CC2. The minimum absolute atomic E-state index is 0.000522. The summed E-state index contributed by atoms with van der Waals surface area (Å²) in [6, 6.07) is 6.99. The predicted molar refractivity (Wildman–Crippen MR) is 92.2 cm³/mol. The van der Waals surface area contributed by atoms with Gasteiger partial charge in [-0.3, -0.25) is 14.6 Å². The van der Waals surface area contributed by atoms with Gasteiger partial charge < -0.3 is 15.1 Å². The van der Waals surface area contributed by atoms with Crippen LogP contribution in [0.1, 0.15) is 33.6 Å². The van der Waals surface area contributed by atoms with Gasteiger partial charge in [0, 0.05) is 57.1 Å². The first-order chi connectivity index (χ1) is 12.1. The Hall–Kier alpha value is -2.96. The van der Waals surface area contributed by atoms with E-state index in [2.05, 4.69) is 15.3 Å². The van der Waals surface area contributed by atoms with E-state index in [1.165, 1.54) is 0 Å². The van der Waals surface area contributed by atoms with Gasteiger partial charge in [0.2, 0.25) is 0 Å². The van der Waals surface area contributed by atoms with Gasteiger partial charge in [-0.2, -0.15) is 0 Å². The van der Waals surface area contributed by atoms with Crippen molar-refractivity contribution in [3.05, 3.63) is 54.0 Å². The molecule has 4 rings (SSSR count). The number of rotatable bonds is 1. The zero-order valence-electron chi connectivity index (χ0n) is 14.0. The van der Waals surface area contributed by atoms with Crippen molar-refractivity contribution in [3.63, 3.8) is 0 Å². The Balaban J connectivity index is 1.54. The Labute approximate surface area is 145 Å². The molecule has 2 aromatic heterocycles. The molecule has 0 aromatic carbocycles. The number of piperidine rings is 1. The average molecular weight is 337 g/mol. The molecule has 25 heavy (non-hydrogen) atoms. The molecule has 0 unspecified atom stereocenters. The zero-order valence-corrected chi connectivity index (χ0v) is 14.0. The van der Waals surface area contributed by atoms with Crippen molar-refractivity contribution in [1.29, 1.82) is 0 Å². The number of aromatic nitrogens is 2. The number of hydrogen-bond acceptors (Lipinski definition) is 5. The van der Waals surface area contributed by atoms with Crippen LogP contribution in [0, 0.1) is 0 Å². The Morgan fingerprint density at radius 2 is 1.88 bits per heavy atom. The minimum atomic E-state index is -0.493. The number of fused-ring (bicyclic) bond motifs is 1. The van der Waals surface area contributed by atoms with Gasteiger partial charge in [0.1, 0.15) is 11.5 Å². The number of likely N-dealkylation sites (tertiary alicyclic amines) is 1. The molecule has 7 nitrogen and oxygen atoms in total. The predicted octanol–water partition coefficient (Wildman–Crippen LogP) is 1.29. The maximum absolute atomic E-state index is 12.6. The highest BCUT2D eigenvalue weighted by Gasteiger charge is 2.45. The van der Waals surface area contributed by atoms with Crippen molar-refractivity contribution in [2.24, 2.45) is 0 Å². The molecule has 1 spiro atoms. The van der Waals surface area contributed by atoms with Gasteiger partial charge in [-0.25, -0.2) is 4.98 Å². The van der Waals surface area contributed by atoms with E-state index >= 15 is 0 Å². The number of nitrogens with one attached hydrogen (secondary N) is 1. The highest BCUT2D eigenvalue weighted by atomic mass is 16.2. The first-order valence-electron chi connectivity index (χ1n) is 8.31. The van der Waals surface area contributed by atoms with Gasteiger partial charge in [0.05, 0.1) is 5.56 Å². The van der Waals surface area contributed by atoms with Crippen molar-refractivity contribution in [3.8, 4) is 0 Å². The van der Waals surface area contributed by atoms with E-state index in [0.29, 0.717) is 42.9 Å². The van der Waals surface area contributed by atoms with Crippen LogP contribution in [0.5, 0.6) is 0 Å². The summed E-state index contributed by atoms with van der Waals surface area (Å²) in [5, 5.41) is 3.14. The maximum atomic E-state index is 12.6. The summed E-state index contributed by atoms with van der Waals surface area (Å²) in [5.41, 5.74) is 0.734. The monoisotopic (exact) mass is 337 g/mol. The molecule has 0 atom stereocenters. The minimum Gasteiger partial charge on any atom is -0.338 e. The molecular formula is C18H19N5O2. The van der Waals surface area contributed by atoms with E-state index in [-0.39, 0.29) is 11.8 Å². The summed E-state index contributed by atoms with van der Waals surface area (Å²) in [6.45, 7) is 1.15. The Morgan fingerprint density at radius 3 is 2.60 bits per heavy atom. The lowest BCUT2D eigenvalue weighted by atomic mass is 9.91. The van der Waals surface area contributed by atoms with Crippen LogP contribution in [0.4, 0.5) is 5.82 Å². The van der Waals surface area contributed by atoms with Gasteiger partial charge in [-0.1, -0.05) is 0 Å². The van der Waals surface area contributed by atoms with Crippen LogP contribution in [0.3, 0.4) is 0 Å². The van der Waals surface area contributed by atoms with Gasteiger partial charge in [-0.15, -0.1) is 0 Å². The molecule has 1 saturated heterocycles. The number of anilines is 1. The number of carbonyl (C=O) groups is 2. The van der Waals surface area contributed by atoms with E-state index in [0.717, 1.165) is 0 Å². The lowest BCUT2D eigenvalue weighted by Crippen LogP contribution is -2.67.